The third-order valence-electron chi connectivity index (χ3n) is 11.2. The molecule has 3 aliphatic heterocycles. The molecule has 3 amide bonds. The quantitative estimate of drug-likeness (QED) is 0.145. The van der Waals surface area contributed by atoms with Crippen molar-refractivity contribution in [2.24, 2.45) is 11.8 Å². The second-order valence-corrected chi connectivity index (χ2v) is 13.9. The van der Waals surface area contributed by atoms with Crippen molar-refractivity contribution in [1.82, 2.24) is 9.80 Å². The minimum atomic E-state index is -1.12. The number of amides is 3. The summed E-state index contributed by atoms with van der Waals surface area (Å²) in [6, 6.07) is 17.0. The molecule has 3 saturated heterocycles. The van der Waals surface area contributed by atoms with Crippen molar-refractivity contribution < 1.29 is 24.2 Å². The molecule has 1 spiro atoms. The summed E-state index contributed by atoms with van der Waals surface area (Å²) >= 11 is 0. The monoisotopic (exact) mass is 684 g/mol. The van der Waals surface area contributed by atoms with Crippen LogP contribution in [-0.4, -0.2) is 89.2 Å². The van der Waals surface area contributed by atoms with E-state index in [2.05, 4.69) is 31.9 Å². The van der Waals surface area contributed by atoms with E-state index in [1.54, 1.807) is 26.9 Å². The Kier molecular flexibility index (Phi) is 12.2. The van der Waals surface area contributed by atoms with Crippen LogP contribution in [0, 0.1) is 11.8 Å². The Hall–Kier alpha value is -3.95. The number of ether oxygens (including phenoxy) is 1. The van der Waals surface area contributed by atoms with Gasteiger partial charge in [0.05, 0.1) is 17.4 Å². The van der Waals surface area contributed by atoms with Crippen molar-refractivity contribution in [3.63, 3.8) is 0 Å². The normalized spacial score (nSPS) is 25.0. The van der Waals surface area contributed by atoms with Crippen LogP contribution in [0.1, 0.15) is 71.3 Å². The molecule has 9 heteroatoms. The Morgan fingerprint density at radius 3 is 2.18 bits per heavy atom. The van der Waals surface area contributed by atoms with Crippen LogP contribution in [0.3, 0.4) is 0 Å². The molecular weight excluding hydrogens is 628 g/mol. The van der Waals surface area contributed by atoms with Gasteiger partial charge in [-0.25, -0.2) is 0 Å². The van der Waals surface area contributed by atoms with Crippen molar-refractivity contribution in [2.45, 2.75) is 89.5 Å². The second kappa shape index (κ2) is 16.4. The van der Waals surface area contributed by atoms with Gasteiger partial charge in [0.15, 0.2) is 0 Å². The van der Waals surface area contributed by atoms with E-state index in [1.165, 1.54) is 0 Å². The van der Waals surface area contributed by atoms with Gasteiger partial charge in [-0.3, -0.25) is 14.4 Å². The summed E-state index contributed by atoms with van der Waals surface area (Å²) in [4.78, 5) is 52.2. The van der Waals surface area contributed by atoms with Crippen molar-refractivity contribution in [1.29, 1.82) is 0 Å². The second-order valence-electron chi connectivity index (χ2n) is 13.9. The van der Waals surface area contributed by atoms with Crippen molar-refractivity contribution in [3.05, 3.63) is 85.5 Å². The standard InChI is InChI=1S/C41H56N4O5/c1-6-26-43(30-31-18-14-13-15-19-31)37(47)34-35-38(48)45(28-16-11-12-17-29-46)36(41(35)25-24-40(34,8-3)50-41)39(49)44(27-7-2)33-22-20-32(21-23-33)42(9-4)10-5/h6-7,13-15,18-23,34-36,46H,1-2,8-12,16-17,24-30H2,3-5H3/t34-,35-,36?,40+,41?/m0/s1. The molecule has 2 bridgehead atoms. The fraction of sp³-hybridized carbons (Fsp3) is 0.537. The summed E-state index contributed by atoms with van der Waals surface area (Å²) in [6.45, 7) is 17.4. The van der Waals surface area contributed by atoms with Gasteiger partial charge in [0.2, 0.25) is 11.8 Å². The van der Waals surface area contributed by atoms with Gasteiger partial charge in [-0.1, -0.05) is 62.2 Å². The van der Waals surface area contributed by atoms with Crippen LogP contribution in [-0.2, 0) is 25.7 Å². The highest BCUT2D eigenvalue weighted by Crippen LogP contribution is 2.64. The number of rotatable bonds is 19. The average molecular weight is 685 g/mol. The smallest absolute Gasteiger partial charge is 0.253 e. The highest BCUT2D eigenvalue weighted by Gasteiger charge is 2.79. The molecule has 5 rings (SSSR count). The maximum Gasteiger partial charge on any atom is 0.253 e. The fourth-order valence-electron chi connectivity index (χ4n) is 8.78. The van der Waals surface area contributed by atoms with Gasteiger partial charge in [-0.05, 0) is 75.8 Å². The number of carbonyl (C=O) groups excluding carboxylic acids is 3. The molecule has 2 aromatic rings. The number of aliphatic hydroxyl groups excluding tert-OH is 1. The van der Waals surface area contributed by atoms with Crippen molar-refractivity contribution in [3.8, 4) is 0 Å². The number of hydrogen-bond acceptors (Lipinski definition) is 6. The molecule has 3 heterocycles. The summed E-state index contributed by atoms with van der Waals surface area (Å²) < 4.78 is 7.11. The molecule has 1 N–H and O–H groups in total. The fourth-order valence-corrected chi connectivity index (χ4v) is 8.78. The Bertz CT molecular complexity index is 1490. The first-order valence-corrected chi connectivity index (χ1v) is 18.6. The zero-order valence-corrected chi connectivity index (χ0v) is 30.3. The first kappa shape index (κ1) is 37.3. The van der Waals surface area contributed by atoms with Crippen LogP contribution in [0.5, 0.6) is 0 Å². The lowest BCUT2D eigenvalue weighted by Gasteiger charge is -2.37. The summed E-state index contributed by atoms with van der Waals surface area (Å²) in [5.74, 6) is -1.99. The third kappa shape index (κ3) is 6.87. The predicted molar refractivity (Wildman–Crippen MR) is 199 cm³/mol. The van der Waals surface area contributed by atoms with E-state index in [1.807, 2.05) is 61.5 Å². The number of nitrogens with zero attached hydrogens (tertiary/aromatic N) is 4. The Labute approximate surface area is 298 Å². The summed E-state index contributed by atoms with van der Waals surface area (Å²) in [6.07, 6.45) is 8.16. The molecule has 3 fully saturated rings. The summed E-state index contributed by atoms with van der Waals surface area (Å²) in [5.41, 5.74) is 0.838. The molecular formula is C41H56N4O5. The highest BCUT2D eigenvalue weighted by atomic mass is 16.5. The Morgan fingerprint density at radius 2 is 1.56 bits per heavy atom. The largest absolute Gasteiger partial charge is 0.396 e. The summed E-state index contributed by atoms with van der Waals surface area (Å²) in [7, 11) is 0. The van der Waals surface area contributed by atoms with Gasteiger partial charge in [0, 0.05) is 57.3 Å². The highest BCUT2D eigenvalue weighted by molar-refractivity contribution is 6.05. The van der Waals surface area contributed by atoms with Gasteiger partial charge in [0.25, 0.3) is 5.91 Å². The lowest BCUT2D eigenvalue weighted by atomic mass is 9.64. The molecule has 5 atom stereocenters. The molecule has 0 aliphatic carbocycles. The molecule has 0 saturated carbocycles. The molecule has 9 nitrogen and oxygen atoms in total. The number of hydrogen-bond donors (Lipinski definition) is 1. The average Bonchev–Trinajstić information content (AvgIpc) is 3.74. The van der Waals surface area contributed by atoms with E-state index in [-0.39, 0.29) is 30.9 Å². The number of unbranched alkanes of at least 4 members (excludes halogenated alkanes) is 3. The van der Waals surface area contributed by atoms with E-state index in [0.717, 1.165) is 42.9 Å². The van der Waals surface area contributed by atoms with Crippen molar-refractivity contribution >= 4 is 29.1 Å². The number of fused-ring (bicyclic) bond motifs is 1. The van der Waals surface area contributed by atoms with Crippen LogP contribution in [0.15, 0.2) is 79.9 Å². The molecule has 2 unspecified atom stereocenters. The minimum Gasteiger partial charge on any atom is -0.396 e. The SMILES string of the molecule is C=CCN(Cc1ccccc1)C(=O)[C@@H]1[C@H]2C(=O)N(CCCCCCO)C(C(=O)N(CC=C)c3ccc(N(CC)CC)cc3)C23CC[C@@]1(CC)O3. The van der Waals surface area contributed by atoms with E-state index >= 15 is 4.79 Å². The minimum absolute atomic E-state index is 0.124. The van der Waals surface area contributed by atoms with Gasteiger partial charge >= 0.3 is 0 Å². The maximum atomic E-state index is 15.1. The number of aliphatic hydroxyl groups is 1. The molecule has 3 aliphatic rings. The molecule has 50 heavy (non-hydrogen) atoms. The molecule has 0 radical (unpaired) electrons. The third-order valence-corrected chi connectivity index (χ3v) is 11.2. The van der Waals surface area contributed by atoms with Gasteiger partial charge in [0.1, 0.15) is 11.6 Å². The van der Waals surface area contributed by atoms with Crippen LogP contribution in [0.2, 0.25) is 0 Å². The predicted octanol–water partition coefficient (Wildman–Crippen LogP) is 5.97. The Balaban J connectivity index is 1.54. The van der Waals surface area contributed by atoms with Gasteiger partial charge in [-0.15, -0.1) is 13.2 Å². The molecule has 270 valence electrons. The van der Waals surface area contributed by atoms with Crippen LogP contribution in [0.4, 0.5) is 11.4 Å². The van der Waals surface area contributed by atoms with E-state index < -0.39 is 29.1 Å². The summed E-state index contributed by atoms with van der Waals surface area (Å²) in [5, 5.41) is 9.33. The lowest BCUT2D eigenvalue weighted by Crippen LogP contribution is -2.56. The lowest BCUT2D eigenvalue weighted by molar-refractivity contribution is -0.151. The van der Waals surface area contributed by atoms with Crippen LogP contribution < -0.4 is 9.80 Å². The van der Waals surface area contributed by atoms with Crippen LogP contribution in [0.25, 0.3) is 0 Å². The van der Waals surface area contributed by atoms with Crippen molar-refractivity contribution in [2.75, 3.05) is 49.1 Å². The van der Waals surface area contributed by atoms with E-state index in [9.17, 15) is 14.7 Å². The first-order chi connectivity index (χ1) is 24.2. The maximum absolute atomic E-state index is 15.1. The molecule has 0 aromatic heterocycles. The number of carbonyl (C=O) groups is 3. The van der Waals surface area contributed by atoms with Gasteiger partial charge < -0.3 is 29.4 Å². The van der Waals surface area contributed by atoms with E-state index in [0.29, 0.717) is 51.7 Å². The zero-order valence-electron chi connectivity index (χ0n) is 30.3. The topological polar surface area (TPSA) is 93.6 Å². The molecule has 2 aromatic carbocycles. The van der Waals surface area contributed by atoms with Crippen LogP contribution >= 0.6 is 0 Å². The van der Waals surface area contributed by atoms with E-state index in [4.69, 9.17) is 4.74 Å². The number of benzene rings is 2. The first-order valence-electron chi connectivity index (χ1n) is 18.6. The number of anilines is 2. The number of likely N-dealkylation sites (tertiary alicyclic amines) is 1. The Morgan fingerprint density at radius 1 is 0.900 bits per heavy atom. The van der Waals surface area contributed by atoms with Gasteiger partial charge in [-0.2, -0.15) is 0 Å². The zero-order chi connectivity index (χ0) is 35.9.